The third-order valence-electron chi connectivity index (χ3n) is 3.98. The van der Waals surface area contributed by atoms with Crippen LogP contribution in [0.4, 0.5) is 20.4 Å². The third-order valence-corrected chi connectivity index (χ3v) is 4.17. The Hall–Kier alpha value is -3.46. The van der Waals surface area contributed by atoms with Crippen molar-refractivity contribution in [3.63, 3.8) is 0 Å². The van der Waals surface area contributed by atoms with E-state index in [1.54, 1.807) is 13.0 Å². The van der Waals surface area contributed by atoms with E-state index in [-0.39, 0.29) is 33.6 Å². The van der Waals surface area contributed by atoms with Gasteiger partial charge in [-0.3, -0.25) is 5.10 Å². The number of aryl methyl sites for hydroxylation is 1. The number of H-pyrrole nitrogens is 2. The van der Waals surface area contributed by atoms with Gasteiger partial charge in [0.15, 0.2) is 23.2 Å². The maximum Gasteiger partial charge on any atom is 0.325 e. The second kappa shape index (κ2) is 7.51. The smallest absolute Gasteiger partial charge is 0.325 e. The van der Waals surface area contributed by atoms with Gasteiger partial charge >= 0.3 is 6.01 Å². The van der Waals surface area contributed by atoms with Crippen LogP contribution in [0.2, 0.25) is 5.15 Å². The summed E-state index contributed by atoms with van der Waals surface area (Å²) >= 11 is 6.02. The van der Waals surface area contributed by atoms with E-state index in [1.807, 2.05) is 19.1 Å². The lowest BCUT2D eigenvalue weighted by atomic mass is 10.2. The number of benzene rings is 1. The van der Waals surface area contributed by atoms with E-state index in [0.717, 1.165) is 11.8 Å². The summed E-state index contributed by atoms with van der Waals surface area (Å²) < 4.78 is 34.4. The molecule has 3 N–H and O–H groups in total. The van der Waals surface area contributed by atoms with Crippen molar-refractivity contribution in [2.75, 3.05) is 5.32 Å². The zero-order chi connectivity index (χ0) is 20.5. The minimum Gasteiger partial charge on any atom is -0.421 e. The number of rotatable bonds is 5. The molecule has 0 aliphatic heterocycles. The Bertz CT molecular complexity index is 1230. The van der Waals surface area contributed by atoms with Crippen LogP contribution in [0.3, 0.4) is 0 Å². The summed E-state index contributed by atoms with van der Waals surface area (Å²) in [6, 6.07) is 5.39. The molecule has 0 aliphatic rings. The van der Waals surface area contributed by atoms with Crippen molar-refractivity contribution in [1.29, 1.82) is 0 Å². The Morgan fingerprint density at radius 1 is 1.14 bits per heavy atom. The first-order chi connectivity index (χ1) is 13.9. The number of hydrogen-bond acceptors (Lipinski definition) is 5. The molecule has 0 saturated carbocycles. The van der Waals surface area contributed by atoms with E-state index in [1.165, 1.54) is 12.1 Å². The van der Waals surface area contributed by atoms with Crippen molar-refractivity contribution in [2.24, 2.45) is 0 Å². The number of fused-ring (bicyclic) bond motifs is 1. The maximum atomic E-state index is 14.7. The van der Waals surface area contributed by atoms with Crippen LogP contribution >= 0.6 is 11.6 Å². The van der Waals surface area contributed by atoms with E-state index in [4.69, 9.17) is 16.3 Å². The molecule has 4 rings (SSSR count). The number of hydrogen-bond donors (Lipinski definition) is 3. The molecular weight excluding hydrogens is 402 g/mol. The molecule has 7 nitrogen and oxygen atoms in total. The highest BCUT2D eigenvalue weighted by atomic mass is 35.5. The molecule has 29 heavy (non-hydrogen) atoms. The van der Waals surface area contributed by atoms with E-state index in [9.17, 15) is 8.78 Å². The highest BCUT2D eigenvalue weighted by Gasteiger charge is 2.17. The summed E-state index contributed by atoms with van der Waals surface area (Å²) in [4.78, 5) is 10.8. The van der Waals surface area contributed by atoms with Crippen LogP contribution in [0.15, 0.2) is 30.3 Å². The van der Waals surface area contributed by atoms with Crippen LogP contribution in [0.5, 0.6) is 11.8 Å². The molecule has 10 heteroatoms. The fourth-order valence-corrected chi connectivity index (χ4v) is 2.99. The number of allylic oxidation sites excluding steroid dienone is 1. The first-order valence-electron chi connectivity index (χ1n) is 8.58. The average Bonchev–Trinajstić information content (AvgIpc) is 3.26. The van der Waals surface area contributed by atoms with Crippen molar-refractivity contribution in [3.05, 3.63) is 58.5 Å². The third kappa shape index (κ3) is 3.90. The zero-order valence-corrected chi connectivity index (χ0v) is 16.1. The Balaban J connectivity index is 1.64. The molecule has 3 heterocycles. The van der Waals surface area contributed by atoms with Gasteiger partial charge in [0.1, 0.15) is 11.0 Å². The summed E-state index contributed by atoms with van der Waals surface area (Å²) in [6.07, 6.45) is 3.71. The summed E-state index contributed by atoms with van der Waals surface area (Å²) in [5.41, 5.74) is 1.48. The molecular formula is C19H15ClF2N6O. The number of ether oxygens (including phenoxy) is 1. The minimum absolute atomic E-state index is 0.0566. The lowest BCUT2D eigenvalue weighted by Gasteiger charge is -2.09. The predicted molar refractivity (Wildman–Crippen MR) is 107 cm³/mol. The lowest BCUT2D eigenvalue weighted by Crippen LogP contribution is -2.00. The SMILES string of the molecule is C/C=C/c1cc(Nc2cc(Cl)nc(Oc3cc(F)c4[nH]c(C)cc4c3F)n2)n[nH]1. The number of nitrogens with zero attached hydrogens (tertiary/aromatic N) is 3. The summed E-state index contributed by atoms with van der Waals surface area (Å²) in [6.45, 7) is 3.59. The van der Waals surface area contributed by atoms with Crippen LogP contribution in [-0.2, 0) is 0 Å². The van der Waals surface area contributed by atoms with Crippen molar-refractivity contribution < 1.29 is 13.5 Å². The van der Waals surface area contributed by atoms with Crippen LogP contribution in [0.1, 0.15) is 18.3 Å². The molecule has 0 saturated heterocycles. The number of nitrogens with one attached hydrogen (secondary N) is 3. The molecule has 0 unspecified atom stereocenters. The van der Waals surface area contributed by atoms with E-state index in [2.05, 4.69) is 30.5 Å². The molecule has 0 spiro atoms. The predicted octanol–water partition coefficient (Wildman–Crippen LogP) is 5.49. The molecule has 0 bridgehead atoms. The molecule has 0 radical (unpaired) electrons. The van der Waals surface area contributed by atoms with Crippen LogP contribution in [0, 0.1) is 18.6 Å². The Labute approximate surface area is 168 Å². The minimum atomic E-state index is -0.730. The van der Waals surface area contributed by atoms with Crippen molar-refractivity contribution in [1.82, 2.24) is 25.1 Å². The maximum absolute atomic E-state index is 14.7. The number of halogens is 3. The normalized spacial score (nSPS) is 11.5. The molecule has 148 valence electrons. The van der Waals surface area contributed by atoms with Gasteiger partial charge in [-0.25, -0.2) is 8.78 Å². The first kappa shape index (κ1) is 18.9. The number of aromatic nitrogens is 5. The van der Waals surface area contributed by atoms with Gasteiger partial charge in [-0.05, 0) is 26.0 Å². The topological polar surface area (TPSA) is 91.5 Å². The Morgan fingerprint density at radius 3 is 2.76 bits per heavy atom. The van der Waals surface area contributed by atoms with Gasteiger partial charge in [0.2, 0.25) is 0 Å². The zero-order valence-electron chi connectivity index (χ0n) is 15.3. The Morgan fingerprint density at radius 2 is 1.97 bits per heavy atom. The van der Waals surface area contributed by atoms with E-state index < -0.39 is 11.6 Å². The van der Waals surface area contributed by atoms with Crippen LogP contribution in [0.25, 0.3) is 17.0 Å². The molecule has 0 fully saturated rings. The van der Waals surface area contributed by atoms with Gasteiger partial charge in [-0.2, -0.15) is 15.1 Å². The summed E-state index contributed by atoms with van der Waals surface area (Å²) in [7, 11) is 0. The molecule has 0 amide bonds. The van der Waals surface area contributed by atoms with Gasteiger partial charge in [0.05, 0.1) is 11.2 Å². The van der Waals surface area contributed by atoms with Crippen molar-refractivity contribution in [3.8, 4) is 11.8 Å². The van der Waals surface area contributed by atoms with Gasteiger partial charge in [-0.15, -0.1) is 0 Å². The van der Waals surface area contributed by atoms with Crippen LogP contribution < -0.4 is 10.1 Å². The highest BCUT2D eigenvalue weighted by Crippen LogP contribution is 2.32. The van der Waals surface area contributed by atoms with E-state index >= 15 is 0 Å². The average molecular weight is 417 g/mol. The molecule has 4 aromatic rings. The summed E-state index contributed by atoms with van der Waals surface area (Å²) in [5.74, 6) is -0.972. The quantitative estimate of drug-likeness (QED) is 0.374. The van der Waals surface area contributed by atoms with Gasteiger partial charge in [0, 0.05) is 29.3 Å². The van der Waals surface area contributed by atoms with Gasteiger partial charge in [0.25, 0.3) is 0 Å². The van der Waals surface area contributed by atoms with Crippen molar-refractivity contribution in [2.45, 2.75) is 13.8 Å². The molecule has 3 aromatic heterocycles. The lowest BCUT2D eigenvalue weighted by molar-refractivity contribution is 0.411. The molecule has 0 atom stereocenters. The standard InChI is InChI=1S/C19H15ClF2N6O/c1-3-4-10-6-16(28-27-10)25-15-8-14(20)24-19(26-15)29-13-7-12(21)18-11(17(13)22)5-9(2)23-18/h3-8,23H,1-2H3,(H2,24,25,26,27,28)/b4-3+. The molecule has 0 aliphatic carbocycles. The van der Waals surface area contributed by atoms with E-state index in [0.29, 0.717) is 11.5 Å². The molecule has 1 aromatic carbocycles. The summed E-state index contributed by atoms with van der Waals surface area (Å²) in [5, 5.41) is 9.99. The number of anilines is 2. The monoisotopic (exact) mass is 416 g/mol. The second-order valence-corrected chi connectivity index (χ2v) is 6.59. The Kier molecular flexibility index (Phi) is 4.89. The first-order valence-corrected chi connectivity index (χ1v) is 8.95. The number of aromatic amines is 2. The van der Waals surface area contributed by atoms with Crippen LogP contribution in [-0.4, -0.2) is 25.1 Å². The van der Waals surface area contributed by atoms with Gasteiger partial charge < -0.3 is 15.0 Å². The fourth-order valence-electron chi connectivity index (χ4n) is 2.81. The van der Waals surface area contributed by atoms with Gasteiger partial charge in [-0.1, -0.05) is 17.7 Å². The van der Waals surface area contributed by atoms with Crippen molar-refractivity contribution >= 4 is 40.2 Å². The largest absolute Gasteiger partial charge is 0.421 e. The second-order valence-electron chi connectivity index (χ2n) is 6.21. The fraction of sp³-hybridized carbons (Fsp3) is 0.105. The highest BCUT2D eigenvalue weighted by molar-refractivity contribution is 6.29.